The highest BCUT2D eigenvalue weighted by atomic mass is 79.9. The van der Waals surface area contributed by atoms with Crippen LogP contribution in [0.25, 0.3) is 0 Å². The topological polar surface area (TPSA) is 50.9 Å². The highest BCUT2D eigenvalue weighted by Crippen LogP contribution is 2.30. The Morgan fingerprint density at radius 3 is 2.75 bits per heavy atom. The Bertz CT molecular complexity index is 616. The quantitative estimate of drug-likeness (QED) is 0.869. The van der Waals surface area contributed by atoms with Gasteiger partial charge < -0.3 is 11.1 Å². The lowest BCUT2D eigenvalue weighted by atomic mass is 9.95. The predicted octanol–water partition coefficient (Wildman–Crippen LogP) is 4.09. The van der Waals surface area contributed by atoms with Gasteiger partial charge in [-0.2, -0.15) is 0 Å². The van der Waals surface area contributed by atoms with E-state index in [-0.39, 0.29) is 6.04 Å². The van der Waals surface area contributed by atoms with Crippen LogP contribution in [0.15, 0.2) is 34.9 Å². The molecule has 0 saturated heterocycles. The molecule has 1 unspecified atom stereocenters. The number of nitrogens with one attached hydrogen (secondary N) is 1. The first-order valence-corrected chi connectivity index (χ1v) is 7.60. The molecule has 0 aliphatic carbocycles. The van der Waals surface area contributed by atoms with Gasteiger partial charge in [0.1, 0.15) is 5.82 Å². The van der Waals surface area contributed by atoms with E-state index in [1.807, 2.05) is 12.1 Å². The number of nitrogens with zero attached hydrogens (tertiary/aromatic N) is 1. The van der Waals surface area contributed by atoms with Crippen molar-refractivity contribution in [2.45, 2.75) is 19.9 Å². The summed E-state index contributed by atoms with van der Waals surface area (Å²) in [7, 11) is 0. The molecule has 2 aromatic rings. The molecule has 1 aromatic carbocycles. The highest BCUT2D eigenvalue weighted by Gasteiger charge is 2.18. The Hall–Kier alpha value is -1.10. The van der Waals surface area contributed by atoms with E-state index in [4.69, 9.17) is 17.3 Å². The van der Waals surface area contributed by atoms with Crippen LogP contribution in [-0.2, 0) is 0 Å². The van der Waals surface area contributed by atoms with E-state index >= 15 is 0 Å². The molecule has 106 valence electrons. The third-order valence-corrected chi connectivity index (χ3v) is 3.88. The van der Waals surface area contributed by atoms with Gasteiger partial charge in [0.2, 0.25) is 0 Å². The molecule has 0 radical (unpaired) electrons. The molecule has 3 N–H and O–H groups in total. The van der Waals surface area contributed by atoms with Gasteiger partial charge in [-0.05, 0) is 42.8 Å². The van der Waals surface area contributed by atoms with Crippen molar-refractivity contribution in [1.29, 1.82) is 0 Å². The van der Waals surface area contributed by atoms with Crippen LogP contribution < -0.4 is 11.1 Å². The first-order valence-electron chi connectivity index (χ1n) is 6.43. The third-order valence-electron chi connectivity index (χ3n) is 3.18. The van der Waals surface area contributed by atoms with Gasteiger partial charge in [0, 0.05) is 16.2 Å². The second-order valence-electron chi connectivity index (χ2n) is 4.62. The fraction of sp³-hybridized carbons (Fsp3) is 0.267. The van der Waals surface area contributed by atoms with Crippen LogP contribution in [0.4, 0.5) is 5.82 Å². The van der Waals surface area contributed by atoms with E-state index in [1.54, 1.807) is 6.20 Å². The molecular weight excluding hydrogens is 338 g/mol. The molecule has 0 fully saturated rings. The zero-order chi connectivity index (χ0) is 14.7. The molecule has 0 aliphatic rings. The summed E-state index contributed by atoms with van der Waals surface area (Å²) in [6.07, 6.45) is 1.57. The Labute approximate surface area is 132 Å². The average molecular weight is 355 g/mol. The van der Waals surface area contributed by atoms with Crippen molar-refractivity contribution in [3.63, 3.8) is 0 Å². The lowest BCUT2D eigenvalue weighted by molar-refractivity contribution is 0.627. The number of hydrogen-bond acceptors (Lipinski definition) is 3. The molecule has 0 amide bonds. The monoisotopic (exact) mass is 353 g/mol. The maximum absolute atomic E-state index is 6.06. The van der Waals surface area contributed by atoms with Gasteiger partial charge in [-0.15, -0.1) is 0 Å². The van der Waals surface area contributed by atoms with Crippen LogP contribution in [0, 0.1) is 6.92 Å². The summed E-state index contributed by atoms with van der Waals surface area (Å²) in [5.74, 6) is 0.502. The smallest absolute Gasteiger partial charge is 0.128 e. The zero-order valence-electron chi connectivity index (χ0n) is 11.5. The molecule has 0 saturated carbocycles. The van der Waals surface area contributed by atoms with Crippen LogP contribution in [0.5, 0.6) is 0 Å². The molecule has 5 heteroatoms. The number of rotatable bonds is 4. The third kappa shape index (κ3) is 3.32. The van der Waals surface area contributed by atoms with Gasteiger partial charge in [-0.1, -0.05) is 40.5 Å². The van der Waals surface area contributed by atoms with Gasteiger partial charge in [0.25, 0.3) is 0 Å². The van der Waals surface area contributed by atoms with Gasteiger partial charge in [-0.3, -0.25) is 0 Å². The Kier molecular flexibility index (Phi) is 5.02. The van der Waals surface area contributed by atoms with Crippen LogP contribution in [-0.4, -0.2) is 11.5 Å². The normalized spacial score (nSPS) is 12.4. The number of pyridine rings is 1. The number of benzene rings is 1. The summed E-state index contributed by atoms with van der Waals surface area (Å²) in [4.78, 5) is 4.15. The maximum Gasteiger partial charge on any atom is 0.128 e. The van der Waals surface area contributed by atoms with Gasteiger partial charge >= 0.3 is 0 Å². The van der Waals surface area contributed by atoms with E-state index < -0.39 is 0 Å². The van der Waals surface area contributed by atoms with E-state index in [9.17, 15) is 0 Å². The first-order chi connectivity index (χ1) is 9.52. The van der Waals surface area contributed by atoms with Crippen LogP contribution in [0.2, 0.25) is 5.02 Å². The summed E-state index contributed by atoms with van der Waals surface area (Å²) < 4.78 is 1.06. The van der Waals surface area contributed by atoms with Crippen molar-refractivity contribution in [1.82, 2.24) is 10.3 Å². The minimum atomic E-state index is -0.0145. The van der Waals surface area contributed by atoms with Crippen molar-refractivity contribution >= 4 is 33.3 Å². The second-order valence-corrected chi connectivity index (χ2v) is 5.97. The van der Waals surface area contributed by atoms with E-state index in [0.717, 1.165) is 16.6 Å². The van der Waals surface area contributed by atoms with Crippen LogP contribution >= 0.6 is 27.5 Å². The average Bonchev–Trinajstić information content (AvgIpc) is 2.40. The Morgan fingerprint density at radius 1 is 1.35 bits per heavy atom. The second kappa shape index (κ2) is 6.57. The molecule has 0 aliphatic heterocycles. The maximum atomic E-state index is 6.06. The van der Waals surface area contributed by atoms with Crippen LogP contribution in [0.1, 0.15) is 29.7 Å². The van der Waals surface area contributed by atoms with Crippen molar-refractivity contribution in [3.05, 3.63) is 56.6 Å². The Balaban J connectivity index is 2.53. The summed E-state index contributed by atoms with van der Waals surface area (Å²) in [5, 5.41) is 4.04. The number of aryl methyl sites for hydroxylation is 1. The van der Waals surface area contributed by atoms with Crippen molar-refractivity contribution in [2.24, 2.45) is 0 Å². The predicted molar refractivity (Wildman–Crippen MR) is 88.1 cm³/mol. The standard InChI is InChI=1S/C15H17BrClN3/c1-3-19-14(12-5-4-10(16)6-9(12)2)13-7-11(17)8-20-15(13)18/h4-8,14,19H,3H2,1-2H3,(H2,18,20). The van der Waals surface area contributed by atoms with Crippen molar-refractivity contribution in [2.75, 3.05) is 12.3 Å². The fourth-order valence-corrected chi connectivity index (χ4v) is 2.89. The van der Waals surface area contributed by atoms with Crippen molar-refractivity contribution in [3.8, 4) is 0 Å². The fourth-order valence-electron chi connectivity index (χ4n) is 2.25. The molecule has 1 heterocycles. The first kappa shape index (κ1) is 15.3. The minimum Gasteiger partial charge on any atom is -0.383 e. The van der Waals surface area contributed by atoms with Gasteiger partial charge in [-0.25, -0.2) is 4.98 Å². The highest BCUT2D eigenvalue weighted by molar-refractivity contribution is 9.10. The number of hydrogen-bond donors (Lipinski definition) is 2. The molecule has 0 spiro atoms. The molecule has 20 heavy (non-hydrogen) atoms. The van der Waals surface area contributed by atoms with E-state index in [1.165, 1.54) is 11.1 Å². The summed E-state index contributed by atoms with van der Waals surface area (Å²) in [6.45, 7) is 4.97. The molecular formula is C15H17BrClN3. The molecule has 1 aromatic heterocycles. The number of nitrogens with two attached hydrogens (primary N) is 1. The summed E-state index contributed by atoms with van der Waals surface area (Å²) >= 11 is 9.55. The SMILES string of the molecule is CCNC(c1ccc(Br)cc1C)c1cc(Cl)cnc1N. The van der Waals surface area contributed by atoms with Gasteiger partial charge in [0.15, 0.2) is 0 Å². The lowest BCUT2D eigenvalue weighted by Crippen LogP contribution is -2.24. The zero-order valence-corrected chi connectivity index (χ0v) is 13.8. The molecule has 1 atom stereocenters. The minimum absolute atomic E-state index is 0.0145. The van der Waals surface area contributed by atoms with E-state index in [2.05, 4.69) is 52.2 Å². The lowest BCUT2D eigenvalue weighted by Gasteiger charge is -2.22. The van der Waals surface area contributed by atoms with Gasteiger partial charge in [0.05, 0.1) is 11.1 Å². The Morgan fingerprint density at radius 2 is 2.10 bits per heavy atom. The summed E-state index contributed by atoms with van der Waals surface area (Å²) in [6, 6.07) is 8.07. The van der Waals surface area contributed by atoms with E-state index in [0.29, 0.717) is 10.8 Å². The number of halogens is 2. The van der Waals surface area contributed by atoms with Crippen LogP contribution in [0.3, 0.4) is 0 Å². The molecule has 0 bridgehead atoms. The summed E-state index contributed by atoms with van der Waals surface area (Å²) in [5.41, 5.74) is 9.28. The largest absolute Gasteiger partial charge is 0.383 e. The number of aromatic nitrogens is 1. The number of nitrogen functional groups attached to an aromatic ring is 1. The number of anilines is 1. The van der Waals surface area contributed by atoms with Crippen molar-refractivity contribution < 1.29 is 0 Å². The molecule has 2 rings (SSSR count). The molecule has 3 nitrogen and oxygen atoms in total.